The van der Waals surface area contributed by atoms with Gasteiger partial charge in [0.2, 0.25) is 11.8 Å². The number of amides is 2. The molecule has 4 atom stereocenters. The number of rotatable bonds is 6. The van der Waals surface area contributed by atoms with E-state index in [4.69, 9.17) is 0 Å². The van der Waals surface area contributed by atoms with Crippen LogP contribution in [0.5, 0.6) is 0 Å². The van der Waals surface area contributed by atoms with Crippen LogP contribution in [0.4, 0.5) is 5.69 Å². The standard InChI is InChI=1S/C26H28N2O5/c1-14(2)13-26(25(32)33)21-20(22(27-26)19-8-6-5-7-15(19)3)23(30)28(24(21)31)18-11-9-17(10-12-18)16(4)29/h5-12,14,20-22,27H,13H2,1-4H3,(H,32,33). The fourth-order valence-corrected chi connectivity index (χ4v) is 5.42. The van der Waals surface area contributed by atoms with E-state index in [9.17, 15) is 24.3 Å². The molecule has 2 aromatic carbocycles. The molecule has 2 aliphatic heterocycles. The Hall–Kier alpha value is -3.32. The van der Waals surface area contributed by atoms with Crippen molar-refractivity contribution in [2.45, 2.75) is 45.7 Å². The number of ketones is 1. The number of benzene rings is 2. The number of carboxylic acids is 1. The summed E-state index contributed by atoms with van der Waals surface area (Å²) in [6, 6.07) is 13.2. The van der Waals surface area contributed by atoms with Gasteiger partial charge in [0, 0.05) is 11.6 Å². The fraction of sp³-hybridized carbons (Fsp3) is 0.385. The number of carbonyl (C=O) groups is 4. The summed E-state index contributed by atoms with van der Waals surface area (Å²) in [7, 11) is 0. The molecule has 33 heavy (non-hydrogen) atoms. The third-order valence-electron chi connectivity index (χ3n) is 6.82. The molecule has 2 aromatic rings. The van der Waals surface area contributed by atoms with Gasteiger partial charge in [-0.05, 0) is 61.6 Å². The van der Waals surface area contributed by atoms with E-state index in [1.165, 1.54) is 6.92 Å². The van der Waals surface area contributed by atoms with E-state index in [0.29, 0.717) is 11.3 Å². The summed E-state index contributed by atoms with van der Waals surface area (Å²) in [6.07, 6.45) is 0.210. The third kappa shape index (κ3) is 3.56. The largest absolute Gasteiger partial charge is 0.480 e. The van der Waals surface area contributed by atoms with Crippen LogP contribution in [-0.4, -0.2) is 34.2 Å². The van der Waals surface area contributed by atoms with Crippen molar-refractivity contribution >= 4 is 29.3 Å². The highest BCUT2D eigenvalue weighted by Gasteiger charge is 2.68. The van der Waals surface area contributed by atoms with Gasteiger partial charge in [-0.15, -0.1) is 0 Å². The number of aliphatic carboxylic acids is 1. The lowest BCUT2D eigenvalue weighted by Gasteiger charge is -2.32. The summed E-state index contributed by atoms with van der Waals surface area (Å²) < 4.78 is 0. The summed E-state index contributed by atoms with van der Waals surface area (Å²) in [5.74, 6) is -4.10. The van der Waals surface area contributed by atoms with Crippen molar-refractivity contribution in [3.05, 3.63) is 65.2 Å². The van der Waals surface area contributed by atoms with E-state index in [1.54, 1.807) is 24.3 Å². The SMILES string of the molecule is CC(=O)c1ccc(N2C(=O)C3C(c4ccccc4C)NC(CC(C)C)(C(=O)O)C3C2=O)cc1. The summed E-state index contributed by atoms with van der Waals surface area (Å²) >= 11 is 0. The van der Waals surface area contributed by atoms with Crippen LogP contribution in [0.3, 0.4) is 0 Å². The maximum atomic E-state index is 13.7. The van der Waals surface area contributed by atoms with Gasteiger partial charge < -0.3 is 5.11 Å². The van der Waals surface area contributed by atoms with Gasteiger partial charge in [0.1, 0.15) is 5.54 Å². The van der Waals surface area contributed by atoms with Gasteiger partial charge in [-0.3, -0.25) is 24.5 Å². The highest BCUT2D eigenvalue weighted by Crippen LogP contribution is 2.52. The Morgan fingerprint density at radius 3 is 2.24 bits per heavy atom. The van der Waals surface area contributed by atoms with Crippen LogP contribution in [0.15, 0.2) is 48.5 Å². The van der Waals surface area contributed by atoms with Gasteiger partial charge in [0.15, 0.2) is 5.78 Å². The fourth-order valence-electron chi connectivity index (χ4n) is 5.42. The number of anilines is 1. The molecule has 2 saturated heterocycles. The molecule has 2 amide bonds. The first-order valence-corrected chi connectivity index (χ1v) is 11.1. The number of carboxylic acid groups (broad SMARTS) is 1. The summed E-state index contributed by atoms with van der Waals surface area (Å²) in [5, 5.41) is 13.6. The highest BCUT2D eigenvalue weighted by atomic mass is 16.4. The van der Waals surface area contributed by atoms with Gasteiger partial charge >= 0.3 is 5.97 Å². The molecule has 0 aliphatic carbocycles. The second kappa shape index (κ2) is 8.23. The van der Waals surface area contributed by atoms with E-state index < -0.39 is 41.2 Å². The number of fused-ring (bicyclic) bond motifs is 1. The van der Waals surface area contributed by atoms with Crippen LogP contribution in [-0.2, 0) is 14.4 Å². The van der Waals surface area contributed by atoms with E-state index in [0.717, 1.165) is 16.0 Å². The summed E-state index contributed by atoms with van der Waals surface area (Å²) in [6.45, 7) is 7.16. The quantitative estimate of drug-likeness (QED) is 0.518. The van der Waals surface area contributed by atoms with E-state index >= 15 is 0 Å². The molecule has 2 aliphatic rings. The normalized spacial score (nSPS) is 26.7. The lowest BCUT2D eigenvalue weighted by Crippen LogP contribution is -2.56. The minimum absolute atomic E-state index is 0.0170. The van der Waals surface area contributed by atoms with Crippen molar-refractivity contribution in [3.8, 4) is 0 Å². The van der Waals surface area contributed by atoms with E-state index in [2.05, 4.69) is 5.32 Å². The molecule has 4 rings (SSSR count). The van der Waals surface area contributed by atoms with Crippen molar-refractivity contribution < 1.29 is 24.3 Å². The zero-order chi connectivity index (χ0) is 24.1. The maximum Gasteiger partial charge on any atom is 0.324 e. The average molecular weight is 449 g/mol. The van der Waals surface area contributed by atoms with Crippen molar-refractivity contribution in [2.75, 3.05) is 4.90 Å². The molecular formula is C26H28N2O5. The number of nitrogens with one attached hydrogen (secondary N) is 1. The molecule has 2 N–H and O–H groups in total. The Bertz CT molecular complexity index is 1140. The van der Waals surface area contributed by atoms with Gasteiger partial charge in [0.05, 0.1) is 17.5 Å². The molecule has 172 valence electrons. The molecule has 0 radical (unpaired) electrons. The van der Waals surface area contributed by atoms with Crippen molar-refractivity contribution in [1.29, 1.82) is 0 Å². The Morgan fingerprint density at radius 2 is 1.70 bits per heavy atom. The second-order valence-corrected chi connectivity index (χ2v) is 9.47. The summed E-state index contributed by atoms with van der Waals surface area (Å²) in [5.41, 5.74) is 0.985. The molecule has 0 bridgehead atoms. The minimum Gasteiger partial charge on any atom is -0.480 e. The molecule has 7 heteroatoms. The molecule has 0 aromatic heterocycles. The molecule has 0 saturated carbocycles. The van der Waals surface area contributed by atoms with Gasteiger partial charge in [0.25, 0.3) is 0 Å². The predicted molar refractivity (Wildman–Crippen MR) is 123 cm³/mol. The summed E-state index contributed by atoms with van der Waals surface area (Å²) in [4.78, 5) is 52.9. The molecule has 4 unspecified atom stereocenters. The van der Waals surface area contributed by atoms with Gasteiger partial charge in [-0.1, -0.05) is 38.1 Å². The Morgan fingerprint density at radius 1 is 1.06 bits per heavy atom. The van der Waals surface area contributed by atoms with Crippen molar-refractivity contribution in [3.63, 3.8) is 0 Å². The number of hydrogen-bond donors (Lipinski definition) is 2. The number of carbonyl (C=O) groups excluding carboxylic acids is 3. The van der Waals surface area contributed by atoms with Crippen LogP contribution in [0.25, 0.3) is 0 Å². The smallest absolute Gasteiger partial charge is 0.324 e. The maximum absolute atomic E-state index is 13.7. The second-order valence-electron chi connectivity index (χ2n) is 9.47. The first-order chi connectivity index (χ1) is 15.6. The van der Waals surface area contributed by atoms with E-state index in [1.807, 2.05) is 45.0 Å². The third-order valence-corrected chi connectivity index (χ3v) is 6.82. The number of nitrogens with zero attached hydrogens (tertiary/aromatic N) is 1. The minimum atomic E-state index is -1.56. The van der Waals surface area contributed by atoms with Gasteiger partial charge in [-0.25, -0.2) is 4.90 Å². The zero-order valence-electron chi connectivity index (χ0n) is 19.2. The monoisotopic (exact) mass is 448 g/mol. The van der Waals surface area contributed by atoms with Crippen LogP contribution in [0.2, 0.25) is 0 Å². The Kier molecular flexibility index (Phi) is 5.70. The van der Waals surface area contributed by atoms with E-state index in [-0.39, 0.29) is 18.1 Å². The lowest BCUT2D eigenvalue weighted by molar-refractivity contribution is -0.149. The number of hydrogen-bond acceptors (Lipinski definition) is 5. The number of aryl methyl sites for hydroxylation is 1. The molecule has 0 spiro atoms. The lowest BCUT2D eigenvalue weighted by atomic mass is 9.75. The molecule has 7 nitrogen and oxygen atoms in total. The molecule has 2 fully saturated rings. The van der Waals surface area contributed by atoms with Gasteiger partial charge in [-0.2, -0.15) is 0 Å². The number of Topliss-reactive ketones (excluding diaryl/α,β-unsaturated/α-hetero) is 1. The Balaban J connectivity index is 1.85. The average Bonchev–Trinajstić information content (AvgIpc) is 3.22. The first-order valence-electron chi connectivity index (χ1n) is 11.1. The zero-order valence-corrected chi connectivity index (χ0v) is 19.2. The number of imide groups is 1. The molecular weight excluding hydrogens is 420 g/mol. The van der Waals surface area contributed by atoms with Crippen LogP contribution >= 0.6 is 0 Å². The van der Waals surface area contributed by atoms with Crippen LogP contribution in [0.1, 0.15) is 54.7 Å². The molecule has 2 heterocycles. The van der Waals surface area contributed by atoms with Crippen LogP contribution < -0.4 is 10.2 Å². The van der Waals surface area contributed by atoms with Crippen LogP contribution in [0, 0.1) is 24.7 Å². The van der Waals surface area contributed by atoms with Crippen molar-refractivity contribution in [1.82, 2.24) is 5.32 Å². The first kappa shape index (κ1) is 22.9. The topological polar surface area (TPSA) is 104 Å². The Labute approximate surface area is 192 Å². The van der Waals surface area contributed by atoms with Crippen molar-refractivity contribution in [2.24, 2.45) is 17.8 Å². The highest BCUT2D eigenvalue weighted by molar-refractivity contribution is 6.24. The predicted octanol–water partition coefficient (Wildman–Crippen LogP) is 3.52.